The maximum atomic E-state index is 12.8. The smallest absolute Gasteiger partial charge is 0.343 e. The van der Waals surface area contributed by atoms with Crippen molar-refractivity contribution in [1.29, 1.82) is 0 Å². The molecule has 4 rings (SSSR count). The number of aromatic nitrogens is 3. The number of hydrogen-bond donors (Lipinski definition) is 1. The summed E-state index contributed by atoms with van der Waals surface area (Å²) in [5.74, 6) is -0.396. The number of hydrogen-bond acceptors (Lipinski definition) is 4. The highest BCUT2D eigenvalue weighted by Crippen LogP contribution is 2.32. The van der Waals surface area contributed by atoms with Gasteiger partial charge in [-0.1, -0.05) is 30.3 Å². The summed E-state index contributed by atoms with van der Waals surface area (Å²) in [6.07, 6.45) is -1.39. The van der Waals surface area contributed by atoms with Gasteiger partial charge in [-0.05, 0) is 42.8 Å². The minimum atomic E-state index is -4.40. The Balaban J connectivity index is 1.61. The molecule has 0 aliphatic heterocycles. The van der Waals surface area contributed by atoms with Gasteiger partial charge in [-0.15, -0.1) is 0 Å². The molecule has 31 heavy (non-hydrogen) atoms. The fraction of sp³-hybridized carbons (Fsp3) is 0.130. The molecule has 4 aromatic rings. The van der Waals surface area contributed by atoms with Gasteiger partial charge >= 0.3 is 6.18 Å². The van der Waals surface area contributed by atoms with E-state index in [1.54, 1.807) is 30.5 Å². The maximum Gasteiger partial charge on any atom is 0.416 e. The lowest BCUT2D eigenvalue weighted by atomic mass is 10.0. The highest BCUT2D eigenvalue weighted by atomic mass is 19.4. The molecule has 0 radical (unpaired) electrons. The van der Waals surface area contributed by atoms with Gasteiger partial charge in [-0.2, -0.15) is 13.2 Å². The van der Waals surface area contributed by atoms with Crippen LogP contribution >= 0.6 is 0 Å². The molecule has 1 unspecified atom stereocenters. The van der Waals surface area contributed by atoms with Crippen molar-refractivity contribution in [3.63, 3.8) is 0 Å². The molecule has 0 spiro atoms. The Morgan fingerprint density at radius 3 is 2.42 bits per heavy atom. The summed E-state index contributed by atoms with van der Waals surface area (Å²) in [7, 11) is 0. The van der Waals surface area contributed by atoms with E-state index in [9.17, 15) is 18.0 Å². The molecule has 1 N–H and O–H groups in total. The Labute approximate surface area is 176 Å². The van der Waals surface area contributed by atoms with E-state index in [0.717, 1.165) is 12.1 Å². The second kappa shape index (κ2) is 8.14. The van der Waals surface area contributed by atoms with Crippen LogP contribution in [0.15, 0.2) is 73.1 Å². The van der Waals surface area contributed by atoms with E-state index in [1.807, 2.05) is 19.1 Å². The van der Waals surface area contributed by atoms with Crippen molar-refractivity contribution in [2.45, 2.75) is 19.1 Å². The van der Waals surface area contributed by atoms with Crippen LogP contribution < -0.4 is 5.32 Å². The Morgan fingerprint density at radius 2 is 1.74 bits per heavy atom. The third-order valence-corrected chi connectivity index (χ3v) is 4.81. The fourth-order valence-corrected chi connectivity index (χ4v) is 3.20. The molecule has 2 aromatic heterocycles. The van der Waals surface area contributed by atoms with Crippen LogP contribution in [0, 0.1) is 0 Å². The average molecular weight is 422 g/mol. The number of amides is 1. The molecule has 2 heterocycles. The van der Waals surface area contributed by atoms with Crippen LogP contribution in [0.2, 0.25) is 0 Å². The van der Waals surface area contributed by atoms with E-state index in [2.05, 4.69) is 20.3 Å². The quantitative estimate of drug-likeness (QED) is 0.491. The van der Waals surface area contributed by atoms with Crippen LogP contribution in [0.4, 0.5) is 13.2 Å². The van der Waals surface area contributed by atoms with Crippen molar-refractivity contribution in [3.8, 4) is 11.1 Å². The molecular weight excluding hydrogens is 405 g/mol. The third-order valence-electron chi connectivity index (χ3n) is 4.81. The Bertz CT molecular complexity index is 1230. The summed E-state index contributed by atoms with van der Waals surface area (Å²) in [5, 5.41) is 2.83. The summed E-state index contributed by atoms with van der Waals surface area (Å²) in [6.45, 7) is 1.82. The number of nitrogens with zero attached hydrogens (tertiary/aromatic N) is 3. The molecule has 1 atom stereocenters. The number of carbonyl (C=O) groups is 1. The van der Waals surface area contributed by atoms with E-state index in [4.69, 9.17) is 0 Å². The fourth-order valence-electron chi connectivity index (χ4n) is 3.20. The van der Waals surface area contributed by atoms with Gasteiger partial charge in [0.15, 0.2) is 0 Å². The first-order valence-corrected chi connectivity index (χ1v) is 9.48. The van der Waals surface area contributed by atoms with E-state index in [-0.39, 0.29) is 11.7 Å². The normalized spacial score (nSPS) is 12.5. The Morgan fingerprint density at radius 1 is 0.968 bits per heavy atom. The molecule has 8 heteroatoms. The highest BCUT2D eigenvalue weighted by molar-refractivity contribution is 5.96. The third kappa shape index (κ3) is 4.37. The van der Waals surface area contributed by atoms with Crippen molar-refractivity contribution in [1.82, 2.24) is 20.3 Å². The number of rotatable bonds is 4. The first kappa shape index (κ1) is 20.5. The lowest BCUT2D eigenvalue weighted by Gasteiger charge is -2.13. The van der Waals surface area contributed by atoms with Crippen LogP contribution in [0.1, 0.15) is 34.7 Å². The number of fused-ring (bicyclic) bond motifs is 1. The summed E-state index contributed by atoms with van der Waals surface area (Å²) >= 11 is 0. The number of benzene rings is 2. The van der Waals surface area contributed by atoms with Gasteiger partial charge in [0, 0.05) is 11.8 Å². The molecule has 0 saturated carbocycles. The van der Waals surface area contributed by atoms with Crippen molar-refractivity contribution >= 4 is 16.9 Å². The Hall–Kier alpha value is -3.81. The van der Waals surface area contributed by atoms with Crippen LogP contribution in [0.25, 0.3) is 22.2 Å². The first-order chi connectivity index (χ1) is 14.8. The zero-order valence-corrected chi connectivity index (χ0v) is 16.4. The van der Waals surface area contributed by atoms with Crippen LogP contribution in [-0.2, 0) is 6.18 Å². The van der Waals surface area contributed by atoms with E-state index in [0.29, 0.717) is 27.9 Å². The van der Waals surface area contributed by atoms with Crippen LogP contribution in [0.3, 0.4) is 0 Å². The second-order valence-electron chi connectivity index (χ2n) is 6.95. The lowest BCUT2D eigenvalue weighted by Crippen LogP contribution is -2.28. The zero-order chi connectivity index (χ0) is 22.0. The Kier molecular flexibility index (Phi) is 5.37. The molecule has 5 nitrogen and oxygen atoms in total. The van der Waals surface area contributed by atoms with Gasteiger partial charge in [-0.3, -0.25) is 14.8 Å². The number of nitrogens with one attached hydrogen (secondary N) is 1. The summed E-state index contributed by atoms with van der Waals surface area (Å²) in [4.78, 5) is 25.6. The largest absolute Gasteiger partial charge is 0.416 e. The standard InChI is InChI=1S/C23H17F3N4O/c1-14(18-6-2-3-12-27-18)29-22(31)20-13-28-21-17(5-4-7-19(21)30-20)15-8-10-16(11-9-15)23(24,25)26/h2-14H,1H3,(H,29,31). The zero-order valence-electron chi connectivity index (χ0n) is 16.4. The molecule has 0 saturated heterocycles. The average Bonchev–Trinajstić information content (AvgIpc) is 2.78. The highest BCUT2D eigenvalue weighted by Gasteiger charge is 2.30. The minimum absolute atomic E-state index is 0.139. The molecule has 0 aliphatic carbocycles. The van der Waals surface area contributed by atoms with Crippen molar-refractivity contribution in [2.75, 3.05) is 0 Å². The van der Waals surface area contributed by atoms with Gasteiger partial charge in [0.05, 0.1) is 34.5 Å². The minimum Gasteiger partial charge on any atom is -0.343 e. The summed E-state index contributed by atoms with van der Waals surface area (Å²) in [5.41, 5.74) is 2.31. The van der Waals surface area contributed by atoms with Gasteiger partial charge in [0.1, 0.15) is 5.69 Å². The summed E-state index contributed by atoms with van der Waals surface area (Å²) < 4.78 is 38.5. The lowest BCUT2D eigenvalue weighted by molar-refractivity contribution is -0.137. The molecule has 1 amide bonds. The predicted molar refractivity (Wildman–Crippen MR) is 110 cm³/mol. The van der Waals surface area contributed by atoms with Gasteiger partial charge in [0.25, 0.3) is 5.91 Å². The van der Waals surface area contributed by atoms with E-state index < -0.39 is 17.6 Å². The van der Waals surface area contributed by atoms with Gasteiger partial charge in [-0.25, -0.2) is 4.98 Å². The number of halogens is 3. The predicted octanol–water partition coefficient (Wildman–Crippen LogP) is 5.20. The molecule has 0 fully saturated rings. The SMILES string of the molecule is CC(NC(=O)c1cnc2c(-c3ccc(C(F)(F)F)cc3)cccc2n1)c1ccccn1. The first-order valence-electron chi connectivity index (χ1n) is 9.48. The van der Waals surface area contributed by atoms with Crippen molar-refractivity contribution in [3.05, 3.63) is 90.0 Å². The topological polar surface area (TPSA) is 67.8 Å². The number of para-hydroxylation sites is 1. The van der Waals surface area contributed by atoms with E-state index >= 15 is 0 Å². The van der Waals surface area contributed by atoms with E-state index in [1.165, 1.54) is 18.3 Å². The maximum absolute atomic E-state index is 12.8. The summed E-state index contributed by atoms with van der Waals surface area (Å²) in [6, 6.07) is 15.2. The molecule has 0 aliphatic rings. The van der Waals surface area contributed by atoms with Crippen molar-refractivity contribution in [2.24, 2.45) is 0 Å². The number of alkyl halides is 3. The number of carbonyl (C=O) groups excluding carboxylic acids is 1. The number of pyridine rings is 1. The van der Waals surface area contributed by atoms with Gasteiger partial charge < -0.3 is 5.32 Å². The van der Waals surface area contributed by atoms with Crippen molar-refractivity contribution < 1.29 is 18.0 Å². The molecule has 0 bridgehead atoms. The van der Waals surface area contributed by atoms with Crippen LogP contribution in [-0.4, -0.2) is 20.9 Å². The second-order valence-corrected chi connectivity index (χ2v) is 6.95. The van der Waals surface area contributed by atoms with Gasteiger partial charge in [0.2, 0.25) is 0 Å². The molecular formula is C23H17F3N4O. The monoisotopic (exact) mass is 422 g/mol. The van der Waals surface area contributed by atoms with Crippen LogP contribution in [0.5, 0.6) is 0 Å². The molecule has 2 aromatic carbocycles. The molecule has 156 valence electrons.